The van der Waals surface area contributed by atoms with Crippen LogP contribution in [0.25, 0.3) is 0 Å². The van der Waals surface area contributed by atoms with Crippen molar-refractivity contribution in [1.82, 2.24) is 19.6 Å². The van der Waals surface area contributed by atoms with Crippen molar-refractivity contribution in [2.75, 3.05) is 45.8 Å². The number of benzene rings is 2. The summed E-state index contributed by atoms with van der Waals surface area (Å²) in [5, 5.41) is 0. The van der Waals surface area contributed by atoms with E-state index in [-0.39, 0.29) is 17.5 Å². The molecule has 0 unspecified atom stereocenters. The molecule has 196 valence electrons. The Morgan fingerprint density at radius 1 is 0.865 bits per heavy atom. The lowest BCUT2D eigenvalue weighted by molar-refractivity contribution is -0.128. The van der Waals surface area contributed by atoms with Gasteiger partial charge in [0.15, 0.2) is 0 Å². The third-order valence-corrected chi connectivity index (χ3v) is 7.80. The van der Waals surface area contributed by atoms with Crippen molar-refractivity contribution in [3.8, 4) is 0 Å². The molecule has 2 saturated heterocycles. The summed E-state index contributed by atoms with van der Waals surface area (Å²) in [4.78, 5) is 22.3. The number of likely N-dealkylation sites (tertiary alicyclic amines) is 1. The number of piperazine rings is 1. The third-order valence-electron chi connectivity index (χ3n) is 7.80. The zero-order valence-electron chi connectivity index (χ0n) is 21.6. The van der Waals surface area contributed by atoms with Crippen LogP contribution < -0.4 is 0 Å². The first-order chi connectivity index (χ1) is 17.9. The van der Waals surface area contributed by atoms with Crippen molar-refractivity contribution < 1.29 is 13.6 Å². The molecule has 2 aromatic carbocycles. The highest BCUT2D eigenvalue weighted by molar-refractivity contribution is 5.96. The van der Waals surface area contributed by atoms with Gasteiger partial charge in [-0.3, -0.25) is 14.6 Å². The minimum atomic E-state index is -0.215. The highest BCUT2D eigenvalue weighted by Crippen LogP contribution is 2.23. The first-order valence-electron chi connectivity index (χ1n) is 13.3. The quantitative estimate of drug-likeness (QED) is 0.583. The Labute approximate surface area is 218 Å². The number of rotatable bonds is 6. The topological polar surface area (TPSA) is 30.0 Å². The predicted molar refractivity (Wildman–Crippen MR) is 142 cm³/mol. The Balaban J connectivity index is 1.10. The maximum atomic E-state index is 13.6. The lowest BCUT2D eigenvalue weighted by atomic mass is 10.0. The number of aryl methyl sites for hydroxylation is 1. The molecule has 0 radical (unpaired) electrons. The smallest absolute Gasteiger partial charge is 0.255 e. The number of carbonyl (C=O) groups is 1. The second-order valence-corrected chi connectivity index (χ2v) is 10.5. The number of halogens is 2. The molecule has 0 spiro atoms. The minimum absolute atomic E-state index is 0.103. The molecule has 0 N–H and O–H groups in total. The van der Waals surface area contributed by atoms with Crippen LogP contribution in [0.15, 0.2) is 66.4 Å². The average molecular weight is 507 g/mol. The van der Waals surface area contributed by atoms with E-state index in [1.165, 1.54) is 12.1 Å². The molecule has 5 rings (SSSR count). The second kappa shape index (κ2) is 11.6. The van der Waals surface area contributed by atoms with Crippen LogP contribution in [-0.2, 0) is 17.9 Å². The molecular formula is C30H36F2N4O. The van der Waals surface area contributed by atoms with Crippen molar-refractivity contribution >= 4 is 5.91 Å². The van der Waals surface area contributed by atoms with Gasteiger partial charge in [-0.2, -0.15) is 0 Å². The summed E-state index contributed by atoms with van der Waals surface area (Å²) in [6, 6.07) is 12.5. The Morgan fingerprint density at radius 2 is 1.51 bits per heavy atom. The molecule has 1 amide bonds. The lowest BCUT2D eigenvalue weighted by Gasteiger charge is -2.39. The molecule has 5 nitrogen and oxygen atoms in total. The molecule has 0 aliphatic carbocycles. The van der Waals surface area contributed by atoms with Gasteiger partial charge in [-0.1, -0.05) is 36.4 Å². The van der Waals surface area contributed by atoms with E-state index in [2.05, 4.69) is 27.0 Å². The summed E-state index contributed by atoms with van der Waals surface area (Å²) in [6.45, 7) is 9.30. The van der Waals surface area contributed by atoms with Crippen LogP contribution in [0.3, 0.4) is 0 Å². The molecule has 3 heterocycles. The fourth-order valence-corrected chi connectivity index (χ4v) is 5.57. The molecular weight excluding hydrogens is 470 g/mol. The number of carbonyl (C=O) groups excluding carboxylic acids is 1. The van der Waals surface area contributed by atoms with Crippen molar-refractivity contribution in [2.24, 2.45) is 0 Å². The summed E-state index contributed by atoms with van der Waals surface area (Å²) >= 11 is 0. The number of piperidine rings is 1. The van der Waals surface area contributed by atoms with Crippen LogP contribution in [0.4, 0.5) is 8.78 Å². The number of hydrogen-bond donors (Lipinski definition) is 0. The first kappa shape index (κ1) is 25.6. The van der Waals surface area contributed by atoms with E-state index in [1.807, 2.05) is 42.2 Å². The highest BCUT2D eigenvalue weighted by Gasteiger charge is 2.27. The zero-order chi connectivity index (χ0) is 25.8. The molecule has 37 heavy (non-hydrogen) atoms. The Morgan fingerprint density at radius 3 is 2.22 bits per heavy atom. The van der Waals surface area contributed by atoms with Gasteiger partial charge in [-0.15, -0.1) is 0 Å². The number of hydrogen-bond acceptors (Lipinski definition) is 4. The first-order valence-corrected chi connectivity index (χ1v) is 13.3. The van der Waals surface area contributed by atoms with Gasteiger partial charge < -0.3 is 9.80 Å². The van der Waals surface area contributed by atoms with Crippen molar-refractivity contribution in [3.63, 3.8) is 0 Å². The van der Waals surface area contributed by atoms with Crippen LogP contribution in [-0.4, -0.2) is 77.4 Å². The molecule has 0 atom stereocenters. The van der Waals surface area contributed by atoms with Crippen molar-refractivity contribution in [1.29, 1.82) is 0 Å². The monoisotopic (exact) mass is 506 g/mol. The summed E-state index contributed by atoms with van der Waals surface area (Å²) in [5.74, 6) is -0.260. The van der Waals surface area contributed by atoms with Crippen LogP contribution in [0.5, 0.6) is 0 Å². The molecule has 2 aromatic rings. The Hall–Kier alpha value is -3.03. The highest BCUT2D eigenvalue weighted by atomic mass is 19.1. The summed E-state index contributed by atoms with van der Waals surface area (Å²) in [5.41, 5.74) is 3.71. The van der Waals surface area contributed by atoms with E-state index >= 15 is 0 Å². The molecule has 2 fully saturated rings. The summed E-state index contributed by atoms with van der Waals surface area (Å²) < 4.78 is 26.7. The van der Waals surface area contributed by atoms with Crippen molar-refractivity contribution in [3.05, 3.63) is 94.7 Å². The fraction of sp³-hybridized carbons (Fsp3) is 0.433. The SMILES string of the molecule is Cc1cc(CN2CCC(N3C=C(C(=O)N4CCN(Cc5ccc(F)cc5)CC4)C=CC3)CC2)ccc1F. The third kappa shape index (κ3) is 6.46. The molecule has 0 saturated carbocycles. The molecule has 3 aliphatic rings. The van der Waals surface area contributed by atoms with Gasteiger partial charge in [0, 0.05) is 71.1 Å². The van der Waals surface area contributed by atoms with Crippen LogP contribution in [0.1, 0.15) is 29.5 Å². The van der Waals surface area contributed by atoms with Gasteiger partial charge in [-0.25, -0.2) is 8.78 Å². The molecule has 0 bridgehead atoms. The maximum absolute atomic E-state index is 13.6. The van der Waals surface area contributed by atoms with E-state index in [4.69, 9.17) is 0 Å². The van der Waals surface area contributed by atoms with E-state index in [1.54, 1.807) is 6.07 Å². The average Bonchev–Trinajstić information content (AvgIpc) is 2.93. The minimum Gasteiger partial charge on any atom is -0.370 e. The number of amides is 1. The number of nitrogens with zero attached hydrogens (tertiary/aromatic N) is 4. The largest absolute Gasteiger partial charge is 0.370 e. The second-order valence-electron chi connectivity index (χ2n) is 10.5. The van der Waals surface area contributed by atoms with Gasteiger partial charge in [0.1, 0.15) is 11.6 Å². The molecule has 3 aliphatic heterocycles. The van der Waals surface area contributed by atoms with E-state index in [0.29, 0.717) is 24.7 Å². The summed E-state index contributed by atoms with van der Waals surface area (Å²) in [7, 11) is 0. The lowest BCUT2D eigenvalue weighted by Crippen LogP contribution is -2.49. The fourth-order valence-electron chi connectivity index (χ4n) is 5.57. The predicted octanol–water partition coefficient (Wildman–Crippen LogP) is 4.34. The van der Waals surface area contributed by atoms with Crippen LogP contribution in [0, 0.1) is 18.6 Å². The van der Waals surface area contributed by atoms with Gasteiger partial charge >= 0.3 is 0 Å². The zero-order valence-corrected chi connectivity index (χ0v) is 21.6. The van der Waals surface area contributed by atoms with Crippen LogP contribution >= 0.6 is 0 Å². The molecule has 0 aromatic heterocycles. The normalized spacial score (nSPS) is 19.8. The standard InChI is InChI=1S/C30H36F2N4O/c1-23-19-25(6-9-29(23)32)21-33-13-10-28(11-14-33)36-12-2-3-26(22-36)30(37)35-17-15-34(16-18-35)20-24-4-7-27(31)8-5-24/h2-9,19,22,28H,10-18,20-21H2,1H3. The van der Waals surface area contributed by atoms with Gasteiger partial charge in [0.25, 0.3) is 5.91 Å². The summed E-state index contributed by atoms with van der Waals surface area (Å²) in [6.07, 6.45) is 8.24. The van der Waals surface area contributed by atoms with E-state index < -0.39 is 0 Å². The van der Waals surface area contributed by atoms with Gasteiger partial charge in [-0.05, 0) is 54.7 Å². The van der Waals surface area contributed by atoms with E-state index in [0.717, 1.165) is 75.4 Å². The van der Waals surface area contributed by atoms with Gasteiger partial charge in [0.05, 0.1) is 5.57 Å². The maximum Gasteiger partial charge on any atom is 0.255 e. The molecule has 7 heteroatoms. The Bertz CT molecular complexity index is 1150. The van der Waals surface area contributed by atoms with Gasteiger partial charge in [0.2, 0.25) is 0 Å². The Kier molecular flexibility index (Phi) is 8.01. The van der Waals surface area contributed by atoms with Crippen LogP contribution in [0.2, 0.25) is 0 Å². The van der Waals surface area contributed by atoms with Crippen molar-refractivity contribution in [2.45, 2.75) is 38.9 Å². The van der Waals surface area contributed by atoms with E-state index in [9.17, 15) is 13.6 Å².